The van der Waals surface area contributed by atoms with E-state index in [9.17, 15) is 0 Å². The fraction of sp³-hybridized carbons (Fsp3) is 0.667. The summed E-state index contributed by atoms with van der Waals surface area (Å²) in [5.74, 6) is 1.71. The second-order valence-corrected chi connectivity index (χ2v) is 4.90. The molecule has 0 bridgehead atoms. The largest absolute Gasteiger partial charge is 0.367 e. The van der Waals surface area contributed by atoms with Gasteiger partial charge in [0, 0.05) is 12.1 Å². The fourth-order valence-corrected chi connectivity index (χ4v) is 2.56. The summed E-state index contributed by atoms with van der Waals surface area (Å²) in [5.41, 5.74) is 0. The van der Waals surface area contributed by atoms with Crippen molar-refractivity contribution in [1.82, 2.24) is 9.97 Å². The van der Waals surface area contributed by atoms with Crippen molar-refractivity contribution < 1.29 is 0 Å². The van der Waals surface area contributed by atoms with Crippen LogP contribution in [0.3, 0.4) is 0 Å². The third kappa shape index (κ3) is 3.08. The Morgan fingerprint density at radius 1 is 1.44 bits per heavy atom. The van der Waals surface area contributed by atoms with Gasteiger partial charge in [0.2, 0.25) is 0 Å². The summed E-state index contributed by atoms with van der Waals surface area (Å²) in [6, 6.07) is 2.33. The first-order chi connectivity index (χ1) is 7.78. The lowest BCUT2D eigenvalue weighted by Gasteiger charge is -2.29. The van der Waals surface area contributed by atoms with Crippen molar-refractivity contribution >= 4 is 17.4 Å². The number of nitrogens with zero attached hydrogens (tertiary/aromatic N) is 2. The Morgan fingerprint density at radius 2 is 2.31 bits per heavy atom. The van der Waals surface area contributed by atoms with E-state index in [-0.39, 0.29) is 0 Å². The van der Waals surface area contributed by atoms with Gasteiger partial charge in [-0.05, 0) is 18.8 Å². The molecule has 1 heterocycles. The molecule has 0 amide bonds. The van der Waals surface area contributed by atoms with E-state index in [4.69, 9.17) is 11.6 Å². The first-order valence-electron chi connectivity index (χ1n) is 6.02. The molecule has 1 saturated carbocycles. The van der Waals surface area contributed by atoms with Gasteiger partial charge in [-0.1, -0.05) is 37.8 Å². The molecule has 2 atom stereocenters. The summed E-state index contributed by atoms with van der Waals surface area (Å²) >= 11 is 5.83. The maximum atomic E-state index is 5.83. The Kier molecular flexibility index (Phi) is 3.99. The number of anilines is 1. The zero-order chi connectivity index (χ0) is 11.4. The molecular weight excluding hydrogens is 222 g/mol. The van der Waals surface area contributed by atoms with Crippen LogP contribution in [-0.2, 0) is 0 Å². The van der Waals surface area contributed by atoms with Crippen LogP contribution in [0.4, 0.5) is 5.82 Å². The minimum absolute atomic E-state index is 0.500. The van der Waals surface area contributed by atoms with E-state index in [1.165, 1.54) is 38.4 Å². The molecule has 0 aliphatic heterocycles. The molecule has 1 aliphatic carbocycles. The molecule has 3 nitrogen and oxygen atoms in total. The summed E-state index contributed by atoms with van der Waals surface area (Å²) in [6.45, 7) is 2.27. The third-order valence-corrected chi connectivity index (χ3v) is 3.55. The van der Waals surface area contributed by atoms with Crippen LogP contribution < -0.4 is 5.32 Å². The monoisotopic (exact) mass is 239 g/mol. The molecule has 88 valence electrons. The Bertz CT molecular complexity index is 343. The Morgan fingerprint density at radius 3 is 3.06 bits per heavy atom. The summed E-state index contributed by atoms with van der Waals surface area (Å²) in [7, 11) is 0. The standard InChI is InChI=1S/C12H18ClN3/c1-2-9-4-3-5-10(6-9)16-12-7-11(13)14-8-15-12/h7-10H,2-6H2,1H3,(H,14,15,16). The molecule has 4 heteroatoms. The van der Waals surface area contributed by atoms with Gasteiger partial charge in [0.1, 0.15) is 17.3 Å². The van der Waals surface area contributed by atoms with Gasteiger partial charge < -0.3 is 5.32 Å². The van der Waals surface area contributed by atoms with Crippen molar-refractivity contribution in [3.05, 3.63) is 17.5 Å². The topological polar surface area (TPSA) is 37.8 Å². The van der Waals surface area contributed by atoms with Crippen LogP contribution in [0.15, 0.2) is 12.4 Å². The molecule has 0 radical (unpaired) electrons. The third-order valence-electron chi connectivity index (χ3n) is 3.35. The van der Waals surface area contributed by atoms with E-state index in [2.05, 4.69) is 22.2 Å². The van der Waals surface area contributed by atoms with E-state index >= 15 is 0 Å². The molecule has 1 aliphatic rings. The second-order valence-electron chi connectivity index (χ2n) is 4.51. The number of nitrogens with one attached hydrogen (secondary N) is 1. The average Bonchev–Trinajstić information content (AvgIpc) is 2.29. The van der Waals surface area contributed by atoms with Crippen LogP contribution in [0.2, 0.25) is 5.15 Å². The van der Waals surface area contributed by atoms with Gasteiger partial charge in [-0.2, -0.15) is 0 Å². The highest BCUT2D eigenvalue weighted by molar-refractivity contribution is 6.29. The van der Waals surface area contributed by atoms with E-state index in [1.54, 1.807) is 6.07 Å². The van der Waals surface area contributed by atoms with Gasteiger partial charge in [-0.15, -0.1) is 0 Å². The fourth-order valence-electron chi connectivity index (χ4n) is 2.41. The number of aromatic nitrogens is 2. The first kappa shape index (κ1) is 11.6. The van der Waals surface area contributed by atoms with Crippen LogP contribution >= 0.6 is 11.6 Å². The van der Waals surface area contributed by atoms with Gasteiger partial charge in [-0.3, -0.25) is 0 Å². The smallest absolute Gasteiger partial charge is 0.134 e. The molecule has 0 spiro atoms. The molecular formula is C12H18ClN3. The van der Waals surface area contributed by atoms with Gasteiger partial charge in [0.15, 0.2) is 0 Å². The van der Waals surface area contributed by atoms with E-state index in [1.807, 2.05) is 0 Å². The van der Waals surface area contributed by atoms with Crippen molar-refractivity contribution in [2.75, 3.05) is 5.32 Å². The molecule has 1 N–H and O–H groups in total. The Hall–Kier alpha value is -0.830. The van der Waals surface area contributed by atoms with Gasteiger partial charge >= 0.3 is 0 Å². The number of hydrogen-bond acceptors (Lipinski definition) is 3. The van der Waals surface area contributed by atoms with Crippen LogP contribution in [-0.4, -0.2) is 16.0 Å². The summed E-state index contributed by atoms with van der Waals surface area (Å²) in [6.07, 6.45) is 7.96. The maximum Gasteiger partial charge on any atom is 0.134 e. The highest BCUT2D eigenvalue weighted by atomic mass is 35.5. The van der Waals surface area contributed by atoms with Crippen molar-refractivity contribution in [2.24, 2.45) is 5.92 Å². The summed E-state index contributed by atoms with van der Waals surface area (Å²) in [4.78, 5) is 8.06. The van der Waals surface area contributed by atoms with Gasteiger partial charge in [0.25, 0.3) is 0 Å². The lowest BCUT2D eigenvalue weighted by Crippen LogP contribution is -2.27. The number of halogens is 1. The SMILES string of the molecule is CCC1CCCC(Nc2cc(Cl)ncn2)C1. The zero-order valence-corrected chi connectivity index (χ0v) is 10.4. The van der Waals surface area contributed by atoms with Crippen molar-refractivity contribution in [3.63, 3.8) is 0 Å². The normalized spacial score (nSPS) is 25.4. The molecule has 1 fully saturated rings. The molecule has 0 aromatic carbocycles. The van der Waals surface area contributed by atoms with Crippen molar-refractivity contribution in [1.29, 1.82) is 0 Å². The minimum Gasteiger partial charge on any atom is -0.367 e. The van der Waals surface area contributed by atoms with Gasteiger partial charge in [-0.25, -0.2) is 9.97 Å². The molecule has 1 aromatic heterocycles. The van der Waals surface area contributed by atoms with Gasteiger partial charge in [0.05, 0.1) is 0 Å². The predicted molar refractivity (Wildman–Crippen MR) is 66.7 cm³/mol. The van der Waals surface area contributed by atoms with Crippen molar-refractivity contribution in [3.8, 4) is 0 Å². The zero-order valence-electron chi connectivity index (χ0n) is 9.62. The highest BCUT2D eigenvalue weighted by Gasteiger charge is 2.20. The minimum atomic E-state index is 0.500. The molecule has 16 heavy (non-hydrogen) atoms. The van der Waals surface area contributed by atoms with E-state index < -0.39 is 0 Å². The maximum absolute atomic E-state index is 5.83. The molecule has 0 saturated heterocycles. The lowest BCUT2D eigenvalue weighted by molar-refractivity contribution is 0.327. The summed E-state index contributed by atoms with van der Waals surface area (Å²) < 4.78 is 0. The predicted octanol–water partition coefficient (Wildman–Crippen LogP) is 3.51. The van der Waals surface area contributed by atoms with Crippen LogP contribution in [0.25, 0.3) is 0 Å². The quantitative estimate of drug-likeness (QED) is 0.821. The van der Waals surface area contributed by atoms with Crippen molar-refractivity contribution in [2.45, 2.75) is 45.1 Å². The Balaban J connectivity index is 1.94. The average molecular weight is 240 g/mol. The summed E-state index contributed by atoms with van der Waals surface area (Å²) in [5, 5.41) is 3.95. The van der Waals surface area contributed by atoms with E-state index in [0.717, 1.165) is 11.7 Å². The number of rotatable bonds is 3. The number of hydrogen-bond donors (Lipinski definition) is 1. The second kappa shape index (κ2) is 5.48. The lowest BCUT2D eigenvalue weighted by atomic mass is 9.84. The van der Waals surface area contributed by atoms with E-state index in [0.29, 0.717) is 11.2 Å². The molecule has 2 unspecified atom stereocenters. The van der Waals surface area contributed by atoms with Crippen LogP contribution in [0.5, 0.6) is 0 Å². The molecule has 2 rings (SSSR count). The van der Waals surface area contributed by atoms with Crippen LogP contribution in [0.1, 0.15) is 39.0 Å². The van der Waals surface area contributed by atoms with Crippen LogP contribution in [0, 0.1) is 5.92 Å². The Labute approximate surface area is 102 Å². The first-order valence-corrected chi connectivity index (χ1v) is 6.39. The highest BCUT2D eigenvalue weighted by Crippen LogP contribution is 2.28. The molecule has 1 aromatic rings.